The zero-order valence-corrected chi connectivity index (χ0v) is 11.1. The van der Waals surface area contributed by atoms with Crippen LogP contribution in [0.1, 0.15) is 22.8 Å². The molecule has 0 bridgehead atoms. The van der Waals surface area contributed by atoms with Gasteiger partial charge in [-0.1, -0.05) is 13.0 Å². The zero-order valence-electron chi connectivity index (χ0n) is 11.1. The van der Waals surface area contributed by atoms with Crippen molar-refractivity contribution in [3.05, 3.63) is 29.3 Å². The number of anilines is 1. The van der Waals surface area contributed by atoms with Crippen molar-refractivity contribution in [2.75, 3.05) is 18.8 Å². The van der Waals surface area contributed by atoms with E-state index >= 15 is 0 Å². The quantitative estimate of drug-likeness (QED) is 0.806. The van der Waals surface area contributed by atoms with E-state index in [1.165, 1.54) is 0 Å². The summed E-state index contributed by atoms with van der Waals surface area (Å²) in [6.07, 6.45) is 0. The highest BCUT2D eigenvalue weighted by atomic mass is 16.4. The van der Waals surface area contributed by atoms with Crippen LogP contribution in [0.25, 0.3) is 0 Å². The van der Waals surface area contributed by atoms with Crippen LogP contribution in [0.15, 0.2) is 18.2 Å². The van der Waals surface area contributed by atoms with Gasteiger partial charge in [-0.2, -0.15) is 0 Å². The molecular weight excluding hydrogens is 244 g/mol. The largest absolute Gasteiger partial charge is 0.481 e. The summed E-state index contributed by atoms with van der Waals surface area (Å²) in [6, 6.07) is 5.27. The Kier molecular flexibility index (Phi) is 3.46. The van der Waals surface area contributed by atoms with E-state index in [1.807, 2.05) is 6.92 Å². The third-order valence-corrected chi connectivity index (χ3v) is 3.90. The van der Waals surface area contributed by atoms with Crippen molar-refractivity contribution in [3.63, 3.8) is 0 Å². The predicted molar refractivity (Wildman–Crippen MR) is 71.8 cm³/mol. The van der Waals surface area contributed by atoms with Crippen molar-refractivity contribution in [2.24, 2.45) is 11.8 Å². The van der Waals surface area contributed by atoms with E-state index in [9.17, 15) is 9.59 Å². The normalized spacial score (nSPS) is 16.8. The van der Waals surface area contributed by atoms with Crippen molar-refractivity contribution in [1.82, 2.24) is 4.90 Å². The van der Waals surface area contributed by atoms with E-state index in [0.717, 1.165) is 5.56 Å². The first-order chi connectivity index (χ1) is 8.91. The molecule has 1 aromatic carbocycles. The van der Waals surface area contributed by atoms with Gasteiger partial charge in [0, 0.05) is 30.3 Å². The molecule has 1 unspecified atom stereocenters. The smallest absolute Gasteiger partial charge is 0.306 e. The van der Waals surface area contributed by atoms with E-state index in [0.29, 0.717) is 24.3 Å². The van der Waals surface area contributed by atoms with Gasteiger partial charge >= 0.3 is 5.97 Å². The zero-order chi connectivity index (χ0) is 14.2. The molecule has 1 amide bonds. The Morgan fingerprint density at radius 2 is 2.05 bits per heavy atom. The second-order valence-electron chi connectivity index (χ2n) is 5.12. The van der Waals surface area contributed by atoms with Crippen LogP contribution in [0.4, 0.5) is 5.69 Å². The van der Waals surface area contributed by atoms with E-state index in [1.54, 1.807) is 30.0 Å². The number of nitrogen functional groups attached to an aromatic ring is 1. The SMILES string of the molecule is Cc1c(N)cccc1C(=O)N1CC(C(C)C(=O)O)C1. The topological polar surface area (TPSA) is 83.6 Å². The lowest BCUT2D eigenvalue weighted by molar-refractivity contribution is -0.144. The summed E-state index contributed by atoms with van der Waals surface area (Å²) >= 11 is 0. The summed E-state index contributed by atoms with van der Waals surface area (Å²) in [5.41, 5.74) is 7.76. The maximum absolute atomic E-state index is 12.3. The maximum atomic E-state index is 12.3. The Bertz CT molecular complexity index is 521. The first-order valence-corrected chi connectivity index (χ1v) is 6.29. The van der Waals surface area contributed by atoms with Gasteiger partial charge in [-0.25, -0.2) is 0 Å². The number of carbonyl (C=O) groups is 2. The Balaban J connectivity index is 2.04. The minimum atomic E-state index is -0.808. The number of carboxylic acids is 1. The molecule has 1 aromatic rings. The molecule has 3 N–H and O–H groups in total. The molecule has 1 saturated heterocycles. The van der Waals surface area contributed by atoms with E-state index in [2.05, 4.69) is 0 Å². The molecule has 0 saturated carbocycles. The van der Waals surface area contributed by atoms with Crippen LogP contribution < -0.4 is 5.73 Å². The number of benzene rings is 1. The summed E-state index contributed by atoms with van der Waals surface area (Å²) in [5, 5.41) is 8.92. The maximum Gasteiger partial charge on any atom is 0.306 e. The molecule has 102 valence electrons. The lowest BCUT2D eigenvalue weighted by Crippen LogP contribution is -2.53. The molecule has 1 heterocycles. The van der Waals surface area contributed by atoms with Gasteiger partial charge in [0.1, 0.15) is 0 Å². The Morgan fingerprint density at radius 1 is 1.42 bits per heavy atom. The predicted octanol–water partition coefficient (Wildman–Crippen LogP) is 1.37. The highest BCUT2D eigenvalue weighted by molar-refractivity contribution is 5.97. The van der Waals surface area contributed by atoms with Crippen LogP contribution in [0.2, 0.25) is 0 Å². The number of amides is 1. The number of nitrogens with zero attached hydrogens (tertiary/aromatic N) is 1. The second kappa shape index (κ2) is 4.91. The minimum absolute atomic E-state index is 0.0443. The van der Waals surface area contributed by atoms with Crippen LogP contribution in [0.5, 0.6) is 0 Å². The first-order valence-electron chi connectivity index (χ1n) is 6.29. The third kappa shape index (κ3) is 2.41. The molecule has 1 fully saturated rings. The molecule has 0 aliphatic carbocycles. The molecule has 0 radical (unpaired) electrons. The number of rotatable bonds is 3. The minimum Gasteiger partial charge on any atom is -0.481 e. The molecule has 1 atom stereocenters. The van der Waals surface area contributed by atoms with Gasteiger partial charge < -0.3 is 15.7 Å². The fraction of sp³-hybridized carbons (Fsp3) is 0.429. The van der Waals surface area contributed by atoms with Crippen molar-refractivity contribution in [2.45, 2.75) is 13.8 Å². The number of hydrogen-bond donors (Lipinski definition) is 2. The summed E-state index contributed by atoms with van der Waals surface area (Å²) in [5.74, 6) is -1.25. The number of aliphatic carboxylic acids is 1. The van der Waals surface area contributed by atoms with Gasteiger partial charge in [-0.05, 0) is 24.6 Å². The van der Waals surface area contributed by atoms with Crippen LogP contribution in [-0.2, 0) is 4.79 Å². The molecule has 1 aliphatic rings. The molecule has 1 aliphatic heterocycles. The fourth-order valence-corrected chi connectivity index (χ4v) is 2.25. The van der Waals surface area contributed by atoms with E-state index in [-0.39, 0.29) is 11.8 Å². The highest BCUT2D eigenvalue weighted by Gasteiger charge is 2.37. The molecule has 0 aromatic heterocycles. The van der Waals surface area contributed by atoms with E-state index < -0.39 is 11.9 Å². The Labute approximate surface area is 112 Å². The fourth-order valence-electron chi connectivity index (χ4n) is 2.25. The summed E-state index contributed by atoms with van der Waals surface area (Å²) in [4.78, 5) is 24.8. The van der Waals surface area contributed by atoms with Crippen LogP contribution in [0, 0.1) is 18.8 Å². The molecule has 19 heavy (non-hydrogen) atoms. The monoisotopic (exact) mass is 262 g/mol. The standard InChI is InChI=1S/C14H18N2O3/c1-8(14(18)19)10-6-16(7-10)13(17)11-4-3-5-12(15)9(11)2/h3-5,8,10H,6-7,15H2,1-2H3,(H,18,19). The molecule has 2 rings (SSSR count). The second-order valence-corrected chi connectivity index (χ2v) is 5.12. The molecule has 5 nitrogen and oxygen atoms in total. The molecule has 5 heteroatoms. The summed E-state index contributed by atoms with van der Waals surface area (Å²) in [7, 11) is 0. The first kappa shape index (κ1) is 13.4. The van der Waals surface area contributed by atoms with Crippen LogP contribution in [-0.4, -0.2) is 35.0 Å². The Morgan fingerprint density at radius 3 is 2.63 bits per heavy atom. The number of likely N-dealkylation sites (tertiary alicyclic amines) is 1. The van der Waals surface area contributed by atoms with Gasteiger partial charge in [0.25, 0.3) is 5.91 Å². The Hall–Kier alpha value is -2.04. The number of hydrogen-bond acceptors (Lipinski definition) is 3. The van der Waals surface area contributed by atoms with Crippen molar-refractivity contribution in [3.8, 4) is 0 Å². The number of nitrogens with two attached hydrogens (primary N) is 1. The van der Waals surface area contributed by atoms with Gasteiger partial charge in [0.2, 0.25) is 0 Å². The van der Waals surface area contributed by atoms with Crippen molar-refractivity contribution < 1.29 is 14.7 Å². The summed E-state index contributed by atoms with van der Waals surface area (Å²) in [6.45, 7) is 4.50. The molecule has 0 spiro atoms. The van der Waals surface area contributed by atoms with Crippen LogP contribution in [0.3, 0.4) is 0 Å². The third-order valence-electron chi connectivity index (χ3n) is 3.90. The number of carbonyl (C=O) groups excluding carboxylic acids is 1. The summed E-state index contributed by atoms with van der Waals surface area (Å²) < 4.78 is 0. The average molecular weight is 262 g/mol. The average Bonchev–Trinajstić information content (AvgIpc) is 2.30. The van der Waals surface area contributed by atoms with Crippen LogP contribution >= 0.6 is 0 Å². The highest BCUT2D eigenvalue weighted by Crippen LogP contribution is 2.27. The van der Waals surface area contributed by atoms with Crippen molar-refractivity contribution in [1.29, 1.82) is 0 Å². The number of carboxylic acid groups (broad SMARTS) is 1. The van der Waals surface area contributed by atoms with Gasteiger partial charge in [0.15, 0.2) is 0 Å². The van der Waals surface area contributed by atoms with Gasteiger partial charge in [-0.3, -0.25) is 9.59 Å². The lowest BCUT2D eigenvalue weighted by atomic mass is 9.86. The molecular formula is C14H18N2O3. The van der Waals surface area contributed by atoms with Crippen molar-refractivity contribution >= 4 is 17.6 Å². The van der Waals surface area contributed by atoms with E-state index in [4.69, 9.17) is 10.8 Å². The van der Waals surface area contributed by atoms with Gasteiger partial charge in [-0.15, -0.1) is 0 Å². The lowest BCUT2D eigenvalue weighted by Gasteiger charge is -2.41. The van der Waals surface area contributed by atoms with Gasteiger partial charge in [0.05, 0.1) is 5.92 Å².